The predicted octanol–water partition coefficient (Wildman–Crippen LogP) is 2.49. The number of carbonyl (C=O) groups is 1. The second kappa shape index (κ2) is 6.68. The average Bonchev–Trinajstić information content (AvgIpc) is 2.80. The van der Waals surface area contributed by atoms with E-state index in [-0.39, 0.29) is 5.75 Å². The number of thioether (sulfide) groups is 1. The molecule has 6 nitrogen and oxygen atoms in total. The molecule has 1 aromatic rings. The third kappa shape index (κ3) is 4.12. The number of aliphatic carboxylic acids is 1. The quantitative estimate of drug-likeness (QED) is 0.814. The molecule has 21 heavy (non-hydrogen) atoms. The summed E-state index contributed by atoms with van der Waals surface area (Å²) in [6.45, 7) is 9.50. The first-order valence-electron chi connectivity index (χ1n) is 7.46. The zero-order chi connectivity index (χ0) is 15.5. The van der Waals surface area contributed by atoms with Gasteiger partial charge in [-0.1, -0.05) is 32.5 Å². The SMILES string of the molecule is CCCn1c(SCC(=O)O)nnc1N1CCC(C)(C)CC1. The van der Waals surface area contributed by atoms with E-state index < -0.39 is 5.97 Å². The number of carboxylic acids is 1. The molecule has 1 aromatic heterocycles. The van der Waals surface area contributed by atoms with Gasteiger partial charge in [-0.25, -0.2) is 0 Å². The van der Waals surface area contributed by atoms with Gasteiger partial charge >= 0.3 is 5.97 Å². The first-order valence-corrected chi connectivity index (χ1v) is 8.44. The van der Waals surface area contributed by atoms with E-state index in [2.05, 4.69) is 40.4 Å². The average molecular weight is 312 g/mol. The van der Waals surface area contributed by atoms with E-state index in [0.29, 0.717) is 10.6 Å². The summed E-state index contributed by atoms with van der Waals surface area (Å²) in [5.74, 6) is 0.0853. The number of carboxylic acid groups (broad SMARTS) is 1. The molecule has 0 spiro atoms. The maximum absolute atomic E-state index is 10.7. The van der Waals surface area contributed by atoms with Gasteiger partial charge in [0.2, 0.25) is 5.95 Å². The van der Waals surface area contributed by atoms with Crippen LogP contribution in [0.1, 0.15) is 40.0 Å². The molecule has 1 saturated heterocycles. The van der Waals surface area contributed by atoms with Crippen LogP contribution in [0.2, 0.25) is 0 Å². The van der Waals surface area contributed by atoms with E-state index in [1.165, 1.54) is 11.8 Å². The topological polar surface area (TPSA) is 71.2 Å². The van der Waals surface area contributed by atoms with Crippen LogP contribution in [0.5, 0.6) is 0 Å². The van der Waals surface area contributed by atoms with Crippen LogP contribution in [-0.4, -0.2) is 44.7 Å². The highest BCUT2D eigenvalue weighted by atomic mass is 32.2. The van der Waals surface area contributed by atoms with Crippen molar-refractivity contribution in [3.63, 3.8) is 0 Å². The predicted molar refractivity (Wildman–Crippen MR) is 83.9 cm³/mol. The molecule has 0 unspecified atom stereocenters. The molecule has 2 heterocycles. The second-order valence-electron chi connectivity index (χ2n) is 6.27. The normalized spacial score (nSPS) is 18.0. The van der Waals surface area contributed by atoms with E-state index in [0.717, 1.165) is 44.8 Å². The maximum atomic E-state index is 10.7. The minimum absolute atomic E-state index is 0.0227. The molecule has 1 aliphatic rings. The molecule has 1 aliphatic heterocycles. The molecule has 0 aromatic carbocycles. The molecule has 0 amide bonds. The highest BCUT2D eigenvalue weighted by Gasteiger charge is 2.28. The van der Waals surface area contributed by atoms with Gasteiger partial charge in [0, 0.05) is 19.6 Å². The summed E-state index contributed by atoms with van der Waals surface area (Å²) in [5, 5.41) is 18.0. The van der Waals surface area contributed by atoms with Crippen molar-refractivity contribution < 1.29 is 9.90 Å². The maximum Gasteiger partial charge on any atom is 0.313 e. The number of piperidine rings is 1. The number of hydrogen-bond donors (Lipinski definition) is 1. The van der Waals surface area contributed by atoms with E-state index >= 15 is 0 Å². The van der Waals surface area contributed by atoms with Gasteiger partial charge < -0.3 is 10.0 Å². The van der Waals surface area contributed by atoms with Crippen molar-refractivity contribution >= 4 is 23.7 Å². The Morgan fingerprint density at radius 3 is 2.57 bits per heavy atom. The highest BCUT2D eigenvalue weighted by Crippen LogP contribution is 2.32. The second-order valence-corrected chi connectivity index (χ2v) is 7.21. The van der Waals surface area contributed by atoms with Crippen molar-refractivity contribution in [3.8, 4) is 0 Å². The van der Waals surface area contributed by atoms with Gasteiger partial charge in [-0.15, -0.1) is 10.2 Å². The highest BCUT2D eigenvalue weighted by molar-refractivity contribution is 7.99. The number of anilines is 1. The molecule has 1 N–H and O–H groups in total. The molecule has 7 heteroatoms. The molecular weight excluding hydrogens is 288 g/mol. The first-order chi connectivity index (χ1) is 9.93. The van der Waals surface area contributed by atoms with Crippen molar-refractivity contribution in [2.75, 3.05) is 23.7 Å². The lowest BCUT2D eigenvalue weighted by atomic mass is 9.83. The largest absolute Gasteiger partial charge is 0.481 e. The zero-order valence-electron chi connectivity index (χ0n) is 13.0. The Hall–Kier alpha value is -1.24. The van der Waals surface area contributed by atoms with Crippen LogP contribution in [0.3, 0.4) is 0 Å². The van der Waals surface area contributed by atoms with E-state index in [9.17, 15) is 4.79 Å². The van der Waals surface area contributed by atoms with Crippen molar-refractivity contribution in [3.05, 3.63) is 0 Å². The van der Waals surface area contributed by atoms with Gasteiger partial charge in [0.15, 0.2) is 5.16 Å². The molecule has 118 valence electrons. The Labute approximate surface area is 129 Å². The van der Waals surface area contributed by atoms with Crippen molar-refractivity contribution in [2.45, 2.75) is 51.7 Å². The summed E-state index contributed by atoms with van der Waals surface area (Å²) in [4.78, 5) is 13.0. The van der Waals surface area contributed by atoms with Crippen LogP contribution in [0.25, 0.3) is 0 Å². The Balaban J connectivity index is 2.13. The Morgan fingerprint density at radius 2 is 2.00 bits per heavy atom. The summed E-state index contributed by atoms with van der Waals surface area (Å²) in [6.07, 6.45) is 3.26. The van der Waals surface area contributed by atoms with Crippen LogP contribution in [0.15, 0.2) is 5.16 Å². The van der Waals surface area contributed by atoms with Crippen molar-refractivity contribution in [2.24, 2.45) is 5.41 Å². The molecule has 0 radical (unpaired) electrons. The Bertz CT molecular complexity index is 491. The van der Waals surface area contributed by atoms with Crippen LogP contribution in [0, 0.1) is 5.41 Å². The fourth-order valence-corrected chi connectivity index (χ4v) is 3.16. The molecule has 0 aliphatic carbocycles. The third-order valence-electron chi connectivity index (χ3n) is 3.87. The summed E-state index contributed by atoms with van der Waals surface area (Å²) in [7, 11) is 0. The van der Waals surface area contributed by atoms with Gasteiger partial charge in [0.25, 0.3) is 0 Å². The first kappa shape index (κ1) is 16.1. The van der Waals surface area contributed by atoms with Gasteiger partial charge in [0.1, 0.15) is 0 Å². The molecule has 0 atom stereocenters. The van der Waals surface area contributed by atoms with Crippen LogP contribution in [-0.2, 0) is 11.3 Å². The molecule has 0 saturated carbocycles. The van der Waals surface area contributed by atoms with E-state index in [1.807, 2.05) is 0 Å². The summed E-state index contributed by atoms with van der Waals surface area (Å²) < 4.78 is 2.06. The van der Waals surface area contributed by atoms with E-state index in [1.54, 1.807) is 0 Å². The Kier molecular flexibility index (Phi) is 5.13. The number of aromatic nitrogens is 3. The fraction of sp³-hybridized carbons (Fsp3) is 0.786. The zero-order valence-corrected chi connectivity index (χ0v) is 13.8. The molecule has 0 bridgehead atoms. The summed E-state index contributed by atoms with van der Waals surface area (Å²) in [6, 6.07) is 0. The number of hydrogen-bond acceptors (Lipinski definition) is 5. The van der Waals surface area contributed by atoms with E-state index in [4.69, 9.17) is 5.11 Å². The summed E-state index contributed by atoms with van der Waals surface area (Å²) in [5.41, 5.74) is 0.396. The molecular formula is C14H24N4O2S. The van der Waals surface area contributed by atoms with Crippen molar-refractivity contribution in [1.29, 1.82) is 0 Å². The minimum Gasteiger partial charge on any atom is -0.481 e. The number of nitrogens with zero attached hydrogens (tertiary/aromatic N) is 4. The fourth-order valence-electron chi connectivity index (χ4n) is 2.48. The van der Waals surface area contributed by atoms with Gasteiger partial charge in [-0.3, -0.25) is 9.36 Å². The van der Waals surface area contributed by atoms with Gasteiger partial charge in [0.05, 0.1) is 5.75 Å². The van der Waals surface area contributed by atoms with Gasteiger partial charge in [-0.2, -0.15) is 0 Å². The lowest BCUT2D eigenvalue weighted by Gasteiger charge is -2.37. The van der Waals surface area contributed by atoms with Gasteiger partial charge in [-0.05, 0) is 24.7 Å². The van der Waals surface area contributed by atoms with Crippen molar-refractivity contribution in [1.82, 2.24) is 14.8 Å². The number of rotatable bonds is 6. The summed E-state index contributed by atoms with van der Waals surface area (Å²) >= 11 is 1.24. The Morgan fingerprint density at radius 1 is 1.33 bits per heavy atom. The standard InChI is InChI=1S/C14H24N4O2S/c1-4-7-18-12(15-16-13(18)21-10-11(19)20)17-8-5-14(2,3)6-9-17/h4-10H2,1-3H3,(H,19,20). The van der Waals surface area contributed by atoms with Crippen LogP contribution in [0.4, 0.5) is 5.95 Å². The molecule has 1 fully saturated rings. The lowest BCUT2D eigenvalue weighted by molar-refractivity contribution is -0.133. The minimum atomic E-state index is -0.827. The van der Waals surface area contributed by atoms with Crippen LogP contribution >= 0.6 is 11.8 Å². The van der Waals surface area contributed by atoms with Crippen LogP contribution < -0.4 is 4.90 Å². The lowest BCUT2D eigenvalue weighted by Crippen LogP contribution is -2.38. The third-order valence-corrected chi connectivity index (χ3v) is 4.82. The molecule has 2 rings (SSSR count). The monoisotopic (exact) mass is 312 g/mol. The smallest absolute Gasteiger partial charge is 0.313 e.